The molecule has 3 nitrogen and oxygen atoms in total. The SMILES string of the molecule is COc1cc(C)cc(C)c1CCC(F)(F)C(=O)O. The Labute approximate surface area is 104 Å². The Bertz CT molecular complexity index is 456. The maximum Gasteiger partial charge on any atom is 0.374 e. The van der Waals surface area contributed by atoms with Crippen LogP contribution in [0.25, 0.3) is 0 Å². The highest BCUT2D eigenvalue weighted by molar-refractivity contribution is 5.75. The number of methoxy groups -OCH3 is 1. The van der Waals surface area contributed by atoms with Crippen molar-refractivity contribution in [1.29, 1.82) is 0 Å². The van der Waals surface area contributed by atoms with Gasteiger partial charge in [0.25, 0.3) is 0 Å². The summed E-state index contributed by atoms with van der Waals surface area (Å²) < 4.78 is 31.2. The zero-order valence-electron chi connectivity index (χ0n) is 10.6. The summed E-state index contributed by atoms with van der Waals surface area (Å²) in [6, 6.07) is 3.61. The topological polar surface area (TPSA) is 46.5 Å². The highest BCUT2D eigenvalue weighted by Gasteiger charge is 2.38. The molecule has 100 valence electrons. The van der Waals surface area contributed by atoms with E-state index in [0.29, 0.717) is 11.3 Å². The number of benzene rings is 1. The third-order valence-electron chi connectivity index (χ3n) is 2.80. The molecular formula is C13H16F2O3. The Morgan fingerprint density at radius 1 is 1.39 bits per heavy atom. The Hall–Kier alpha value is -1.65. The molecular weight excluding hydrogens is 242 g/mol. The van der Waals surface area contributed by atoms with Gasteiger partial charge in [0, 0.05) is 6.42 Å². The molecule has 1 rings (SSSR count). The van der Waals surface area contributed by atoms with Gasteiger partial charge in [-0.2, -0.15) is 8.78 Å². The minimum Gasteiger partial charge on any atom is -0.496 e. The van der Waals surface area contributed by atoms with Crippen molar-refractivity contribution < 1.29 is 23.4 Å². The van der Waals surface area contributed by atoms with Crippen LogP contribution in [0.1, 0.15) is 23.1 Å². The number of aliphatic carboxylic acids is 1. The molecule has 0 radical (unpaired) electrons. The number of hydrogen-bond donors (Lipinski definition) is 1. The first-order chi connectivity index (χ1) is 8.27. The molecule has 0 atom stereocenters. The third-order valence-corrected chi connectivity index (χ3v) is 2.80. The second-order valence-corrected chi connectivity index (χ2v) is 4.27. The zero-order chi connectivity index (χ0) is 13.9. The molecule has 0 heterocycles. The van der Waals surface area contributed by atoms with Gasteiger partial charge in [-0.3, -0.25) is 0 Å². The van der Waals surface area contributed by atoms with Crippen LogP contribution in [0.4, 0.5) is 8.78 Å². The fourth-order valence-electron chi connectivity index (χ4n) is 1.85. The second kappa shape index (κ2) is 5.33. The number of halogens is 2. The van der Waals surface area contributed by atoms with Gasteiger partial charge >= 0.3 is 11.9 Å². The van der Waals surface area contributed by atoms with E-state index in [0.717, 1.165) is 11.1 Å². The Balaban J connectivity index is 2.95. The largest absolute Gasteiger partial charge is 0.496 e. The van der Waals surface area contributed by atoms with Crippen LogP contribution in [0, 0.1) is 13.8 Å². The summed E-state index contributed by atoms with van der Waals surface area (Å²) in [5.74, 6) is -5.28. The smallest absolute Gasteiger partial charge is 0.374 e. The number of hydrogen-bond acceptors (Lipinski definition) is 2. The van der Waals surface area contributed by atoms with Gasteiger partial charge in [0.05, 0.1) is 7.11 Å². The average Bonchev–Trinajstić information content (AvgIpc) is 2.26. The molecule has 1 aromatic carbocycles. The molecule has 0 aromatic heterocycles. The third kappa shape index (κ3) is 3.18. The van der Waals surface area contributed by atoms with Crippen molar-refractivity contribution in [2.75, 3.05) is 7.11 Å². The summed E-state index contributed by atoms with van der Waals surface area (Å²) in [6.45, 7) is 3.68. The minimum absolute atomic E-state index is 0.0331. The summed E-state index contributed by atoms with van der Waals surface area (Å²) in [5.41, 5.74) is 2.43. The second-order valence-electron chi connectivity index (χ2n) is 4.27. The molecule has 1 N–H and O–H groups in total. The normalized spacial score (nSPS) is 11.4. The van der Waals surface area contributed by atoms with E-state index < -0.39 is 18.3 Å². The van der Waals surface area contributed by atoms with Crippen LogP contribution < -0.4 is 4.74 Å². The van der Waals surface area contributed by atoms with E-state index in [9.17, 15) is 13.6 Å². The lowest BCUT2D eigenvalue weighted by atomic mass is 9.98. The van der Waals surface area contributed by atoms with Crippen molar-refractivity contribution in [1.82, 2.24) is 0 Å². The molecule has 0 spiro atoms. The Morgan fingerprint density at radius 3 is 2.50 bits per heavy atom. The van der Waals surface area contributed by atoms with Gasteiger partial charge in [-0.15, -0.1) is 0 Å². The lowest BCUT2D eigenvalue weighted by molar-refractivity contribution is -0.165. The van der Waals surface area contributed by atoms with Crippen molar-refractivity contribution in [2.24, 2.45) is 0 Å². The van der Waals surface area contributed by atoms with Crippen LogP contribution in [-0.2, 0) is 11.2 Å². The van der Waals surface area contributed by atoms with E-state index in [-0.39, 0.29) is 6.42 Å². The van der Waals surface area contributed by atoms with Crippen LogP contribution in [-0.4, -0.2) is 24.1 Å². The van der Waals surface area contributed by atoms with Crippen molar-refractivity contribution in [3.05, 3.63) is 28.8 Å². The van der Waals surface area contributed by atoms with Gasteiger partial charge in [-0.1, -0.05) is 6.07 Å². The van der Waals surface area contributed by atoms with E-state index in [2.05, 4.69) is 0 Å². The van der Waals surface area contributed by atoms with E-state index in [1.807, 2.05) is 13.0 Å². The molecule has 0 aliphatic rings. The number of carboxylic acid groups (broad SMARTS) is 1. The first-order valence-electron chi connectivity index (χ1n) is 5.53. The van der Waals surface area contributed by atoms with Crippen molar-refractivity contribution in [2.45, 2.75) is 32.6 Å². The summed E-state index contributed by atoms with van der Waals surface area (Å²) in [4.78, 5) is 10.4. The van der Waals surface area contributed by atoms with E-state index in [1.54, 1.807) is 13.0 Å². The van der Waals surface area contributed by atoms with Crippen LogP contribution >= 0.6 is 0 Å². The molecule has 0 bridgehead atoms. The van der Waals surface area contributed by atoms with Gasteiger partial charge in [-0.05, 0) is 43.0 Å². The van der Waals surface area contributed by atoms with E-state index in [1.165, 1.54) is 7.11 Å². The van der Waals surface area contributed by atoms with Crippen molar-refractivity contribution >= 4 is 5.97 Å². The zero-order valence-corrected chi connectivity index (χ0v) is 10.6. The standard InChI is InChI=1S/C13H16F2O3/c1-8-6-9(2)10(11(7-8)18-3)4-5-13(14,15)12(16)17/h6-7H,4-5H2,1-3H3,(H,16,17). The fourth-order valence-corrected chi connectivity index (χ4v) is 1.85. The molecule has 18 heavy (non-hydrogen) atoms. The molecule has 0 fully saturated rings. The minimum atomic E-state index is -3.71. The number of carboxylic acids is 1. The van der Waals surface area contributed by atoms with E-state index in [4.69, 9.17) is 9.84 Å². The molecule has 0 saturated carbocycles. The van der Waals surface area contributed by atoms with E-state index >= 15 is 0 Å². The summed E-state index contributed by atoms with van der Waals surface area (Å²) in [6.07, 6.45) is -0.767. The number of ether oxygens (including phenoxy) is 1. The number of aryl methyl sites for hydroxylation is 2. The summed E-state index contributed by atoms with van der Waals surface area (Å²) >= 11 is 0. The molecule has 0 aliphatic heterocycles. The number of carbonyl (C=O) groups is 1. The highest BCUT2D eigenvalue weighted by Crippen LogP contribution is 2.29. The van der Waals surface area contributed by atoms with Gasteiger partial charge in [0.2, 0.25) is 0 Å². The van der Waals surface area contributed by atoms with Crippen molar-refractivity contribution in [3.63, 3.8) is 0 Å². The maximum atomic E-state index is 13.0. The maximum absolute atomic E-state index is 13.0. The van der Waals surface area contributed by atoms with Gasteiger partial charge in [0.15, 0.2) is 0 Å². The molecule has 0 saturated heterocycles. The first-order valence-corrected chi connectivity index (χ1v) is 5.53. The lowest BCUT2D eigenvalue weighted by Gasteiger charge is -2.15. The predicted octanol–water partition coefficient (Wildman–Crippen LogP) is 2.96. The first kappa shape index (κ1) is 14.4. The van der Waals surface area contributed by atoms with Crippen LogP contribution in [0.5, 0.6) is 5.75 Å². The van der Waals surface area contributed by atoms with Crippen LogP contribution in [0.15, 0.2) is 12.1 Å². The van der Waals surface area contributed by atoms with Crippen LogP contribution in [0.2, 0.25) is 0 Å². The summed E-state index contributed by atoms with van der Waals surface area (Å²) in [7, 11) is 1.47. The molecule has 0 amide bonds. The average molecular weight is 258 g/mol. The molecule has 0 unspecified atom stereocenters. The molecule has 0 aliphatic carbocycles. The van der Waals surface area contributed by atoms with Crippen LogP contribution in [0.3, 0.4) is 0 Å². The Morgan fingerprint density at radius 2 is 2.00 bits per heavy atom. The molecule has 5 heteroatoms. The quantitative estimate of drug-likeness (QED) is 0.883. The number of rotatable bonds is 5. The van der Waals surface area contributed by atoms with Crippen molar-refractivity contribution in [3.8, 4) is 5.75 Å². The monoisotopic (exact) mass is 258 g/mol. The van der Waals surface area contributed by atoms with Gasteiger partial charge < -0.3 is 9.84 Å². The summed E-state index contributed by atoms with van der Waals surface area (Å²) in [5, 5.41) is 8.38. The fraction of sp³-hybridized carbons (Fsp3) is 0.462. The van der Waals surface area contributed by atoms with Gasteiger partial charge in [-0.25, -0.2) is 4.79 Å². The lowest BCUT2D eigenvalue weighted by Crippen LogP contribution is -2.28. The number of alkyl halides is 2. The molecule has 1 aromatic rings. The highest BCUT2D eigenvalue weighted by atomic mass is 19.3. The van der Waals surface area contributed by atoms with Gasteiger partial charge in [0.1, 0.15) is 5.75 Å². The predicted molar refractivity (Wildman–Crippen MR) is 63.4 cm³/mol. The Kier molecular flexibility index (Phi) is 4.27.